The molecule has 0 amide bonds. The lowest BCUT2D eigenvalue weighted by atomic mass is 10.1. The van der Waals surface area contributed by atoms with Gasteiger partial charge in [0.2, 0.25) is 0 Å². The average Bonchev–Trinajstić information content (AvgIpc) is 3.36. The Labute approximate surface area is 154 Å². The first-order chi connectivity index (χ1) is 12.9. The standard InChI is InChI=1S/C21H24N2O3/c1-3-7-18(8-4-1)11-12-22-13-14-23(24-15-19-16-25-26-17-19)21(22)20-9-5-2-6-10-20/h1-10,13-14,19,21H,11-12,15-17H2. The number of nitrogens with zero attached hydrogens (tertiary/aromatic N) is 2. The highest BCUT2D eigenvalue weighted by Gasteiger charge is 2.30. The number of hydrogen-bond acceptors (Lipinski definition) is 5. The molecule has 1 atom stereocenters. The molecule has 0 saturated carbocycles. The lowest BCUT2D eigenvalue weighted by molar-refractivity contribution is -0.248. The second-order valence-electron chi connectivity index (χ2n) is 6.65. The van der Waals surface area contributed by atoms with E-state index in [1.54, 1.807) is 0 Å². The predicted molar refractivity (Wildman–Crippen MR) is 98.4 cm³/mol. The van der Waals surface area contributed by atoms with E-state index >= 15 is 0 Å². The molecule has 1 saturated heterocycles. The van der Waals surface area contributed by atoms with Crippen LogP contribution in [0.15, 0.2) is 73.1 Å². The first-order valence-electron chi connectivity index (χ1n) is 9.09. The molecule has 1 unspecified atom stereocenters. The van der Waals surface area contributed by atoms with E-state index < -0.39 is 0 Å². The summed E-state index contributed by atoms with van der Waals surface area (Å²) in [6.45, 7) is 2.69. The molecule has 2 aliphatic heterocycles. The Hall–Kier alpha value is -2.34. The molecule has 0 bridgehead atoms. The van der Waals surface area contributed by atoms with E-state index in [2.05, 4.69) is 65.7 Å². The highest BCUT2D eigenvalue weighted by Crippen LogP contribution is 2.31. The van der Waals surface area contributed by atoms with Crippen LogP contribution in [0, 0.1) is 5.92 Å². The maximum absolute atomic E-state index is 6.08. The summed E-state index contributed by atoms with van der Waals surface area (Å²) in [6.07, 6.45) is 5.16. The first kappa shape index (κ1) is 17.1. The molecular weight excluding hydrogens is 328 g/mol. The summed E-state index contributed by atoms with van der Waals surface area (Å²) in [7, 11) is 0. The Kier molecular flexibility index (Phi) is 5.50. The third-order valence-electron chi connectivity index (χ3n) is 4.71. The Bertz CT molecular complexity index is 702. The van der Waals surface area contributed by atoms with Crippen LogP contribution in [-0.2, 0) is 21.0 Å². The fraction of sp³-hybridized carbons (Fsp3) is 0.333. The van der Waals surface area contributed by atoms with Crippen molar-refractivity contribution >= 4 is 0 Å². The van der Waals surface area contributed by atoms with Crippen molar-refractivity contribution in [1.29, 1.82) is 0 Å². The van der Waals surface area contributed by atoms with E-state index in [-0.39, 0.29) is 12.1 Å². The highest BCUT2D eigenvalue weighted by atomic mass is 17.2. The third kappa shape index (κ3) is 4.07. The molecule has 2 aromatic rings. The zero-order valence-corrected chi connectivity index (χ0v) is 14.7. The molecule has 0 aromatic heterocycles. The number of hydroxylamine groups is 2. The number of benzene rings is 2. The largest absolute Gasteiger partial charge is 0.350 e. The molecule has 0 N–H and O–H groups in total. The maximum Gasteiger partial charge on any atom is 0.152 e. The molecule has 2 aromatic carbocycles. The van der Waals surface area contributed by atoms with Crippen molar-refractivity contribution < 1.29 is 14.6 Å². The summed E-state index contributed by atoms with van der Waals surface area (Å²) in [5.74, 6) is 0.276. The van der Waals surface area contributed by atoms with Crippen molar-refractivity contribution in [2.24, 2.45) is 5.92 Å². The van der Waals surface area contributed by atoms with Crippen molar-refractivity contribution in [2.75, 3.05) is 26.4 Å². The molecule has 5 heteroatoms. The summed E-state index contributed by atoms with van der Waals surface area (Å²) in [5, 5.41) is 1.94. The van der Waals surface area contributed by atoms with Gasteiger partial charge in [-0.15, -0.1) is 0 Å². The Balaban J connectivity index is 1.43. The Morgan fingerprint density at radius 2 is 1.58 bits per heavy atom. The van der Waals surface area contributed by atoms with Crippen LogP contribution in [0.3, 0.4) is 0 Å². The predicted octanol–water partition coefficient (Wildman–Crippen LogP) is 3.53. The molecule has 0 spiro atoms. The summed E-state index contributed by atoms with van der Waals surface area (Å²) in [4.78, 5) is 18.3. The smallest absolute Gasteiger partial charge is 0.152 e. The minimum absolute atomic E-state index is 0.0446. The van der Waals surface area contributed by atoms with Crippen LogP contribution >= 0.6 is 0 Å². The molecule has 5 nitrogen and oxygen atoms in total. The van der Waals surface area contributed by atoms with Crippen molar-refractivity contribution in [3.8, 4) is 0 Å². The van der Waals surface area contributed by atoms with E-state index in [0.29, 0.717) is 19.8 Å². The van der Waals surface area contributed by atoms with Crippen molar-refractivity contribution in [2.45, 2.75) is 12.6 Å². The van der Waals surface area contributed by atoms with Gasteiger partial charge in [-0.05, 0) is 17.5 Å². The minimum atomic E-state index is 0.0446. The zero-order chi connectivity index (χ0) is 17.6. The van der Waals surface area contributed by atoms with Gasteiger partial charge >= 0.3 is 0 Å². The zero-order valence-electron chi connectivity index (χ0n) is 14.7. The monoisotopic (exact) mass is 352 g/mol. The van der Waals surface area contributed by atoms with Gasteiger partial charge in [0.15, 0.2) is 6.17 Å². The Morgan fingerprint density at radius 3 is 2.31 bits per heavy atom. The van der Waals surface area contributed by atoms with Gasteiger partial charge in [0.05, 0.1) is 19.8 Å². The molecule has 4 rings (SSSR count). The topological polar surface area (TPSA) is 34.2 Å². The minimum Gasteiger partial charge on any atom is -0.350 e. The number of hydrogen-bond donors (Lipinski definition) is 0. The van der Waals surface area contributed by atoms with Crippen LogP contribution in [0.25, 0.3) is 0 Å². The van der Waals surface area contributed by atoms with Crippen molar-refractivity contribution in [1.82, 2.24) is 9.96 Å². The quantitative estimate of drug-likeness (QED) is 0.712. The van der Waals surface area contributed by atoms with E-state index in [1.165, 1.54) is 11.1 Å². The van der Waals surface area contributed by atoms with Gasteiger partial charge in [-0.25, -0.2) is 14.8 Å². The molecule has 0 aliphatic carbocycles. The van der Waals surface area contributed by atoms with E-state index in [9.17, 15) is 0 Å². The third-order valence-corrected chi connectivity index (χ3v) is 4.71. The first-order valence-corrected chi connectivity index (χ1v) is 9.09. The van der Waals surface area contributed by atoms with Gasteiger partial charge in [0.25, 0.3) is 0 Å². The molecule has 26 heavy (non-hydrogen) atoms. The highest BCUT2D eigenvalue weighted by molar-refractivity contribution is 5.22. The van der Waals surface area contributed by atoms with Crippen LogP contribution in [0.4, 0.5) is 0 Å². The SMILES string of the molecule is C1=CN(OCC2COOC2)C(c2ccccc2)N1CCc1ccccc1. The molecule has 2 heterocycles. The summed E-state index contributed by atoms with van der Waals surface area (Å²) in [5.41, 5.74) is 2.55. The fourth-order valence-electron chi connectivity index (χ4n) is 3.26. The van der Waals surface area contributed by atoms with Gasteiger partial charge in [0, 0.05) is 24.9 Å². The average molecular weight is 352 g/mol. The number of rotatable bonds is 7. The summed E-state index contributed by atoms with van der Waals surface area (Å²) in [6, 6.07) is 21.0. The van der Waals surface area contributed by atoms with Crippen LogP contribution in [-0.4, -0.2) is 36.3 Å². The van der Waals surface area contributed by atoms with Crippen LogP contribution < -0.4 is 0 Å². The molecule has 2 aliphatic rings. The second kappa shape index (κ2) is 8.36. The lowest BCUT2D eigenvalue weighted by Gasteiger charge is -2.32. The van der Waals surface area contributed by atoms with Gasteiger partial charge in [-0.2, -0.15) is 0 Å². The van der Waals surface area contributed by atoms with Gasteiger partial charge in [0.1, 0.15) is 0 Å². The van der Waals surface area contributed by atoms with E-state index in [4.69, 9.17) is 14.6 Å². The molecule has 136 valence electrons. The van der Waals surface area contributed by atoms with E-state index in [0.717, 1.165) is 13.0 Å². The van der Waals surface area contributed by atoms with Crippen LogP contribution in [0.5, 0.6) is 0 Å². The molecule has 0 radical (unpaired) electrons. The summed E-state index contributed by atoms with van der Waals surface area (Å²) < 4.78 is 0. The van der Waals surface area contributed by atoms with E-state index in [1.807, 2.05) is 17.3 Å². The maximum atomic E-state index is 6.08. The van der Waals surface area contributed by atoms with Crippen LogP contribution in [0.2, 0.25) is 0 Å². The molecular formula is C21H24N2O3. The van der Waals surface area contributed by atoms with Gasteiger partial charge in [-0.3, -0.25) is 4.84 Å². The van der Waals surface area contributed by atoms with Crippen molar-refractivity contribution in [3.05, 3.63) is 84.2 Å². The second-order valence-corrected chi connectivity index (χ2v) is 6.65. The summed E-state index contributed by atoms with van der Waals surface area (Å²) >= 11 is 0. The Morgan fingerprint density at radius 1 is 0.885 bits per heavy atom. The van der Waals surface area contributed by atoms with Crippen molar-refractivity contribution in [3.63, 3.8) is 0 Å². The molecule has 1 fully saturated rings. The van der Waals surface area contributed by atoms with Gasteiger partial charge < -0.3 is 4.90 Å². The van der Waals surface area contributed by atoms with Crippen LogP contribution in [0.1, 0.15) is 17.3 Å². The normalized spacial score (nSPS) is 20.2. The lowest BCUT2D eigenvalue weighted by Crippen LogP contribution is -2.33. The van der Waals surface area contributed by atoms with Gasteiger partial charge in [-0.1, -0.05) is 60.7 Å². The fourth-order valence-corrected chi connectivity index (χ4v) is 3.26.